The van der Waals surface area contributed by atoms with E-state index in [0.717, 1.165) is 49.4 Å². The van der Waals surface area contributed by atoms with E-state index in [4.69, 9.17) is 4.43 Å². The summed E-state index contributed by atoms with van der Waals surface area (Å²) in [6.07, 6.45) is 14.1. The maximum atomic E-state index is 11.2. The van der Waals surface area contributed by atoms with Crippen LogP contribution in [0, 0.1) is 34.5 Å². The van der Waals surface area contributed by atoms with E-state index >= 15 is 0 Å². The molecule has 8 atom stereocenters. The van der Waals surface area contributed by atoms with Gasteiger partial charge in [-0.1, -0.05) is 48.0 Å². The fraction of sp³-hybridized carbons (Fsp3) is 1.00. The second-order valence-electron chi connectivity index (χ2n) is 14.3. The van der Waals surface area contributed by atoms with E-state index in [0.29, 0.717) is 22.0 Å². The van der Waals surface area contributed by atoms with Crippen LogP contribution in [0.3, 0.4) is 0 Å². The minimum absolute atomic E-state index is 0.293. The summed E-state index contributed by atoms with van der Waals surface area (Å²) >= 11 is 0. The number of hydrogen-bond donors (Lipinski definition) is 1. The smallest absolute Gasteiger partial charge is 0.192 e. The first kappa shape index (κ1) is 24.3. The van der Waals surface area contributed by atoms with Crippen molar-refractivity contribution in [2.45, 2.75) is 142 Å². The molecule has 0 saturated heterocycles. The van der Waals surface area contributed by atoms with Gasteiger partial charge in [0.15, 0.2) is 8.32 Å². The molecule has 0 bridgehead atoms. The highest BCUT2D eigenvalue weighted by Crippen LogP contribution is 2.67. The molecule has 4 saturated carbocycles. The summed E-state index contributed by atoms with van der Waals surface area (Å²) in [6.45, 7) is 19.5. The van der Waals surface area contributed by atoms with E-state index in [2.05, 4.69) is 54.6 Å². The molecule has 2 nitrogen and oxygen atoms in total. The molecule has 0 aliphatic heterocycles. The molecule has 180 valence electrons. The highest BCUT2D eigenvalue weighted by atomic mass is 28.4. The summed E-state index contributed by atoms with van der Waals surface area (Å²) < 4.78 is 7.11. The highest BCUT2D eigenvalue weighted by molar-refractivity contribution is 6.74. The Morgan fingerprint density at radius 3 is 2.23 bits per heavy atom. The molecule has 0 unspecified atom stereocenters. The van der Waals surface area contributed by atoms with Crippen LogP contribution in [-0.2, 0) is 4.43 Å². The second-order valence-corrected chi connectivity index (χ2v) is 19.1. The van der Waals surface area contributed by atoms with Gasteiger partial charge in [-0.2, -0.15) is 0 Å². The zero-order valence-electron chi connectivity index (χ0n) is 22.0. The van der Waals surface area contributed by atoms with Crippen molar-refractivity contribution in [3.05, 3.63) is 0 Å². The molecule has 4 fully saturated rings. The molecule has 0 aromatic carbocycles. The van der Waals surface area contributed by atoms with Gasteiger partial charge in [-0.05, 0) is 117 Å². The predicted octanol–water partition coefficient (Wildman–Crippen LogP) is 7.95. The summed E-state index contributed by atoms with van der Waals surface area (Å²) in [5, 5.41) is 11.5. The molecule has 0 radical (unpaired) electrons. The lowest BCUT2D eigenvalue weighted by Crippen LogP contribution is -2.57. The molecule has 0 aromatic heterocycles. The second kappa shape index (κ2) is 7.84. The van der Waals surface area contributed by atoms with Crippen LogP contribution in [0.2, 0.25) is 18.1 Å². The van der Waals surface area contributed by atoms with E-state index in [1.165, 1.54) is 44.9 Å². The molecule has 0 amide bonds. The summed E-state index contributed by atoms with van der Waals surface area (Å²) in [4.78, 5) is 0. The standard InChI is InChI=1S/C28H52O2Si/c1-9-15-28(29)18-17-26(5)20(19-28)10-11-21-22-12-13-24(27(22,6)16-14-23(21)26)30-31(7,8)25(2,3)4/h20-24,29H,9-19H2,1-8H3/t20-,21-,22-,23-,24-,26-,27-,28-/m0/s1. The fourth-order valence-corrected chi connectivity index (χ4v) is 10.1. The normalized spacial score (nSPS) is 48.1. The van der Waals surface area contributed by atoms with Crippen LogP contribution < -0.4 is 0 Å². The van der Waals surface area contributed by atoms with Crippen molar-refractivity contribution in [2.75, 3.05) is 0 Å². The average molecular weight is 449 g/mol. The molecule has 0 heterocycles. The van der Waals surface area contributed by atoms with Crippen LogP contribution in [0.25, 0.3) is 0 Å². The van der Waals surface area contributed by atoms with Crippen molar-refractivity contribution < 1.29 is 9.53 Å². The van der Waals surface area contributed by atoms with Gasteiger partial charge in [0.2, 0.25) is 0 Å². The Kier molecular flexibility index (Phi) is 6.13. The van der Waals surface area contributed by atoms with Gasteiger partial charge >= 0.3 is 0 Å². The average Bonchev–Trinajstić information content (AvgIpc) is 2.98. The zero-order valence-corrected chi connectivity index (χ0v) is 23.0. The largest absolute Gasteiger partial charge is 0.413 e. The Balaban J connectivity index is 1.51. The Hall–Kier alpha value is 0.137. The van der Waals surface area contributed by atoms with Crippen molar-refractivity contribution in [1.29, 1.82) is 0 Å². The third kappa shape index (κ3) is 3.91. The Morgan fingerprint density at radius 2 is 1.58 bits per heavy atom. The molecular formula is C28H52O2Si. The van der Waals surface area contributed by atoms with Gasteiger partial charge in [0.05, 0.1) is 11.7 Å². The van der Waals surface area contributed by atoms with Gasteiger partial charge in [-0.3, -0.25) is 0 Å². The Labute approximate surface area is 194 Å². The molecule has 4 rings (SSSR count). The van der Waals surface area contributed by atoms with Crippen LogP contribution in [0.5, 0.6) is 0 Å². The van der Waals surface area contributed by atoms with Crippen LogP contribution in [-0.4, -0.2) is 25.1 Å². The summed E-state index contributed by atoms with van der Waals surface area (Å²) in [7, 11) is -1.73. The number of hydrogen-bond acceptors (Lipinski definition) is 2. The number of rotatable bonds is 4. The van der Waals surface area contributed by atoms with Gasteiger partial charge in [0.1, 0.15) is 0 Å². The van der Waals surface area contributed by atoms with E-state index in [-0.39, 0.29) is 5.60 Å². The lowest BCUT2D eigenvalue weighted by Gasteiger charge is -2.62. The van der Waals surface area contributed by atoms with E-state index in [9.17, 15) is 5.11 Å². The first-order chi connectivity index (χ1) is 14.3. The van der Waals surface area contributed by atoms with Crippen LogP contribution in [0.4, 0.5) is 0 Å². The molecule has 0 spiro atoms. The van der Waals surface area contributed by atoms with Crippen molar-refractivity contribution in [2.24, 2.45) is 34.5 Å². The summed E-state index contributed by atoms with van der Waals surface area (Å²) in [6, 6.07) is 0. The first-order valence-corrected chi connectivity index (χ1v) is 16.6. The predicted molar refractivity (Wildman–Crippen MR) is 134 cm³/mol. The maximum absolute atomic E-state index is 11.2. The summed E-state index contributed by atoms with van der Waals surface area (Å²) in [5.74, 6) is 3.37. The SMILES string of the molecule is CCC[C@]1(O)CC[C@@]2(C)[C@@H](CC[C@@H]3[C@@H]2CC[C@]2(C)[C@@H](O[Si](C)(C)C(C)(C)C)CC[C@@H]32)C1. The van der Waals surface area contributed by atoms with Gasteiger partial charge in [-0.25, -0.2) is 0 Å². The molecule has 1 N–H and O–H groups in total. The quantitative estimate of drug-likeness (QED) is 0.442. The zero-order chi connectivity index (χ0) is 22.9. The number of aliphatic hydroxyl groups is 1. The Bertz CT molecular complexity index is 668. The van der Waals surface area contributed by atoms with Crippen molar-refractivity contribution in [1.82, 2.24) is 0 Å². The summed E-state index contributed by atoms with van der Waals surface area (Å²) in [5.41, 5.74) is 0.477. The lowest BCUT2D eigenvalue weighted by atomic mass is 9.44. The lowest BCUT2D eigenvalue weighted by molar-refractivity contribution is -0.155. The van der Waals surface area contributed by atoms with E-state index in [1.54, 1.807) is 0 Å². The van der Waals surface area contributed by atoms with Crippen LogP contribution >= 0.6 is 0 Å². The van der Waals surface area contributed by atoms with Gasteiger partial charge < -0.3 is 9.53 Å². The third-order valence-corrected chi connectivity index (χ3v) is 16.2. The number of fused-ring (bicyclic) bond motifs is 5. The molecule has 4 aliphatic rings. The van der Waals surface area contributed by atoms with Gasteiger partial charge in [-0.15, -0.1) is 0 Å². The maximum Gasteiger partial charge on any atom is 0.192 e. The fourth-order valence-electron chi connectivity index (χ4n) is 8.69. The van der Waals surface area contributed by atoms with E-state index in [1.807, 2.05) is 0 Å². The molecule has 0 aromatic rings. The van der Waals surface area contributed by atoms with Crippen molar-refractivity contribution in [3.8, 4) is 0 Å². The van der Waals surface area contributed by atoms with E-state index < -0.39 is 8.32 Å². The third-order valence-electron chi connectivity index (χ3n) is 11.7. The minimum atomic E-state index is -1.73. The molecule has 31 heavy (non-hydrogen) atoms. The molecule has 3 heteroatoms. The van der Waals surface area contributed by atoms with Crippen molar-refractivity contribution >= 4 is 8.32 Å². The monoisotopic (exact) mass is 448 g/mol. The first-order valence-electron chi connectivity index (χ1n) is 13.7. The Morgan fingerprint density at radius 1 is 0.903 bits per heavy atom. The highest BCUT2D eigenvalue weighted by Gasteiger charge is 2.62. The van der Waals surface area contributed by atoms with Crippen LogP contribution in [0.15, 0.2) is 0 Å². The minimum Gasteiger partial charge on any atom is -0.413 e. The van der Waals surface area contributed by atoms with Crippen molar-refractivity contribution in [3.63, 3.8) is 0 Å². The molecule has 4 aliphatic carbocycles. The topological polar surface area (TPSA) is 29.5 Å². The molecular weight excluding hydrogens is 396 g/mol. The van der Waals surface area contributed by atoms with Gasteiger partial charge in [0, 0.05) is 0 Å². The van der Waals surface area contributed by atoms with Crippen LogP contribution in [0.1, 0.15) is 112 Å². The van der Waals surface area contributed by atoms with Gasteiger partial charge in [0.25, 0.3) is 0 Å².